The van der Waals surface area contributed by atoms with Crippen molar-refractivity contribution in [1.29, 1.82) is 0 Å². The van der Waals surface area contributed by atoms with Gasteiger partial charge in [0.05, 0.1) is 0 Å². The number of nitrogen functional groups attached to an aromatic ring is 1. The molecule has 3 nitrogen and oxygen atoms in total. The van der Waals surface area contributed by atoms with Crippen molar-refractivity contribution in [3.05, 3.63) is 23.8 Å². The zero-order chi connectivity index (χ0) is 9.14. The molecule has 0 aliphatic heterocycles. The van der Waals surface area contributed by atoms with Gasteiger partial charge in [0.15, 0.2) is 6.29 Å². The quantitative estimate of drug-likeness (QED) is 0.515. The number of ether oxygens (including phenoxy) is 1. The van der Waals surface area contributed by atoms with E-state index in [2.05, 4.69) is 0 Å². The van der Waals surface area contributed by atoms with E-state index in [-0.39, 0.29) is 0 Å². The van der Waals surface area contributed by atoms with Gasteiger partial charge >= 0.3 is 0 Å². The van der Waals surface area contributed by atoms with Crippen molar-refractivity contribution in [3.63, 3.8) is 0 Å². The Morgan fingerprint density at radius 2 is 2.17 bits per heavy atom. The van der Waals surface area contributed by atoms with Crippen LogP contribution in [-0.4, -0.2) is 11.4 Å². The lowest BCUT2D eigenvalue weighted by Crippen LogP contribution is -2.10. The van der Waals surface area contributed by atoms with Gasteiger partial charge in [-0.15, -0.1) is 0 Å². The molecule has 3 N–H and O–H groups in total. The summed E-state index contributed by atoms with van der Waals surface area (Å²) in [5.74, 6) is 0.630. The molecule has 0 saturated heterocycles. The Hall–Kier alpha value is -1.22. The average Bonchev–Trinajstić information content (AvgIpc) is 1.96. The first-order chi connectivity index (χ1) is 5.59. The minimum atomic E-state index is -0.800. The van der Waals surface area contributed by atoms with E-state index in [4.69, 9.17) is 15.6 Å². The summed E-state index contributed by atoms with van der Waals surface area (Å²) in [7, 11) is 0. The highest BCUT2D eigenvalue weighted by Gasteiger charge is 2.02. The molecule has 0 aliphatic carbocycles. The van der Waals surface area contributed by atoms with Crippen LogP contribution in [0.2, 0.25) is 0 Å². The number of aliphatic hydroxyl groups excluding tert-OH is 1. The topological polar surface area (TPSA) is 55.5 Å². The van der Waals surface area contributed by atoms with Crippen molar-refractivity contribution in [2.45, 2.75) is 20.1 Å². The zero-order valence-corrected chi connectivity index (χ0v) is 7.24. The Balaban J connectivity index is 2.90. The van der Waals surface area contributed by atoms with E-state index in [1.54, 1.807) is 19.1 Å². The van der Waals surface area contributed by atoms with Crippen molar-refractivity contribution in [2.75, 3.05) is 5.73 Å². The second-order valence-electron chi connectivity index (χ2n) is 2.74. The molecule has 0 saturated carbocycles. The Kier molecular flexibility index (Phi) is 2.55. The van der Waals surface area contributed by atoms with Crippen LogP contribution in [0.25, 0.3) is 0 Å². The Labute approximate surface area is 71.8 Å². The number of aryl methyl sites for hydroxylation is 1. The molecular formula is C9H13NO2. The van der Waals surface area contributed by atoms with E-state index < -0.39 is 6.29 Å². The van der Waals surface area contributed by atoms with Crippen LogP contribution in [0.5, 0.6) is 5.75 Å². The number of anilines is 1. The third-order valence-corrected chi connectivity index (χ3v) is 1.51. The monoisotopic (exact) mass is 167 g/mol. The van der Waals surface area contributed by atoms with Crippen LogP contribution in [0, 0.1) is 6.92 Å². The van der Waals surface area contributed by atoms with Crippen molar-refractivity contribution < 1.29 is 9.84 Å². The van der Waals surface area contributed by atoms with Gasteiger partial charge in [0.25, 0.3) is 0 Å². The summed E-state index contributed by atoms with van der Waals surface area (Å²) < 4.78 is 5.10. The Morgan fingerprint density at radius 3 is 2.75 bits per heavy atom. The van der Waals surface area contributed by atoms with E-state index in [1.165, 1.54) is 0 Å². The van der Waals surface area contributed by atoms with E-state index in [9.17, 15) is 0 Å². The van der Waals surface area contributed by atoms with E-state index in [0.29, 0.717) is 11.4 Å². The number of hydrogen-bond donors (Lipinski definition) is 2. The minimum absolute atomic E-state index is 0.630. The van der Waals surface area contributed by atoms with Gasteiger partial charge in [-0.25, -0.2) is 0 Å². The number of rotatable bonds is 2. The summed E-state index contributed by atoms with van der Waals surface area (Å²) in [5, 5.41) is 8.96. The first-order valence-electron chi connectivity index (χ1n) is 3.80. The molecule has 0 fully saturated rings. The molecule has 1 unspecified atom stereocenters. The van der Waals surface area contributed by atoms with Crippen LogP contribution in [-0.2, 0) is 0 Å². The van der Waals surface area contributed by atoms with Gasteiger partial charge in [-0.05, 0) is 25.5 Å². The number of benzene rings is 1. The first kappa shape index (κ1) is 8.87. The van der Waals surface area contributed by atoms with Crippen LogP contribution in [0.3, 0.4) is 0 Å². The molecule has 1 rings (SSSR count). The second-order valence-corrected chi connectivity index (χ2v) is 2.74. The third kappa shape index (κ3) is 2.13. The van der Waals surface area contributed by atoms with Crippen LogP contribution in [0.1, 0.15) is 12.5 Å². The molecule has 1 atom stereocenters. The minimum Gasteiger partial charge on any atom is -0.465 e. The molecule has 1 aromatic carbocycles. The number of hydrogen-bond acceptors (Lipinski definition) is 3. The molecule has 0 heterocycles. The zero-order valence-electron chi connectivity index (χ0n) is 7.24. The average molecular weight is 167 g/mol. The maximum Gasteiger partial charge on any atom is 0.194 e. The lowest BCUT2D eigenvalue weighted by atomic mass is 10.2. The summed E-state index contributed by atoms with van der Waals surface area (Å²) in [6, 6.07) is 5.35. The Morgan fingerprint density at radius 1 is 1.50 bits per heavy atom. The molecule has 0 aliphatic rings. The lowest BCUT2D eigenvalue weighted by Gasteiger charge is -2.11. The fourth-order valence-electron chi connectivity index (χ4n) is 0.927. The normalized spacial score (nSPS) is 12.6. The molecule has 0 amide bonds. The highest BCUT2D eigenvalue weighted by atomic mass is 16.6. The second kappa shape index (κ2) is 3.45. The van der Waals surface area contributed by atoms with E-state index >= 15 is 0 Å². The molecule has 66 valence electrons. The first-order valence-corrected chi connectivity index (χ1v) is 3.80. The van der Waals surface area contributed by atoms with Gasteiger partial charge in [-0.2, -0.15) is 0 Å². The van der Waals surface area contributed by atoms with Crippen molar-refractivity contribution in [2.24, 2.45) is 0 Å². The third-order valence-electron chi connectivity index (χ3n) is 1.51. The smallest absolute Gasteiger partial charge is 0.194 e. The Bertz CT molecular complexity index is 271. The largest absolute Gasteiger partial charge is 0.465 e. The SMILES string of the molecule is Cc1ccc(N)cc1OC(C)O. The van der Waals surface area contributed by atoms with Crippen molar-refractivity contribution >= 4 is 5.69 Å². The molecule has 0 radical (unpaired) electrons. The maximum atomic E-state index is 8.96. The van der Waals surface area contributed by atoms with Gasteiger partial charge in [-0.1, -0.05) is 6.07 Å². The molecule has 0 bridgehead atoms. The van der Waals surface area contributed by atoms with Crippen LogP contribution < -0.4 is 10.5 Å². The lowest BCUT2D eigenvalue weighted by molar-refractivity contribution is -0.000747. The fourth-order valence-corrected chi connectivity index (χ4v) is 0.927. The van der Waals surface area contributed by atoms with Crippen LogP contribution in [0.4, 0.5) is 5.69 Å². The van der Waals surface area contributed by atoms with E-state index in [0.717, 1.165) is 5.56 Å². The summed E-state index contributed by atoms with van der Waals surface area (Å²) in [6.07, 6.45) is -0.800. The van der Waals surface area contributed by atoms with E-state index in [1.807, 2.05) is 13.0 Å². The summed E-state index contributed by atoms with van der Waals surface area (Å²) in [5.41, 5.74) is 7.14. The van der Waals surface area contributed by atoms with Crippen molar-refractivity contribution in [3.8, 4) is 5.75 Å². The fraction of sp³-hybridized carbons (Fsp3) is 0.333. The predicted octanol–water partition coefficient (Wildman–Crippen LogP) is 1.29. The summed E-state index contributed by atoms with van der Waals surface area (Å²) in [6.45, 7) is 3.46. The molecule has 1 aromatic rings. The highest BCUT2D eigenvalue weighted by molar-refractivity contribution is 5.47. The standard InChI is InChI=1S/C9H13NO2/c1-6-3-4-8(10)5-9(6)12-7(2)11/h3-5,7,11H,10H2,1-2H3. The maximum absolute atomic E-state index is 8.96. The molecule has 0 aromatic heterocycles. The van der Waals surface area contributed by atoms with Crippen molar-refractivity contribution in [1.82, 2.24) is 0 Å². The molecule has 3 heteroatoms. The van der Waals surface area contributed by atoms with Gasteiger partial charge in [0.1, 0.15) is 5.75 Å². The van der Waals surface area contributed by atoms with Gasteiger partial charge in [0.2, 0.25) is 0 Å². The molecule has 0 spiro atoms. The van der Waals surface area contributed by atoms with Crippen LogP contribution in [0.15, 0.2) is 18.2 Å². The van der Waals surface area contributed by atoms with Gasteiger partial charge < -0.3 is 15.6 Å². The van der Waals surface area contributed by atoms with Crippen LogP contribution >= 0.6 is 0 Å². The summed E-state index contributed by atoms with van der Waals surface area (Å²) in [4.78, 5) is 0. The predicted molar refractivity (Wildman–Crippen MR) is 47.9 cm³/mol. The molecule has 12 heavy (non-hydrogen) atoms. The number of aliphatic hydroxyl groups is 1. The van der Waals surface area contributed by atoms with Gasteiger partial charge in [0, 0.05) is 11.8 Å². The number of nitrogens with two attached hydrogens (primary N) is 1. The van der Waals surface area contributed by atoms with Gasteiger partial charge in [-0.3, -0.25) is 0 Å². The molecular weight excluding hydrogens is 154 g/mol. The summed E-state index contributed by atoms with van der Waals surface area (Å²) >= 11 is 0. The highest BCUT2D eigenvalue weighted by Crippen LogP contribution is 2.21.